The molecule has 32 heavy (non-hydrogen) atoms. The first kappa shape index (κ1) is 21.7. The van der Waals surface area contributed by atoms with Crippen LogP contribution in [-0.2, 0) is 24.3 Å². The summed E-state index contributed by atoms with van der Waals surface area (Å²) in [5.41, 5.74) is 3.53. The van der Waals surface area contributed by atoms with Crippen molar-refractivity contribution in [3.8, 4) is 0 Å². The molecule has 0 aliphatic carbocycles. The fourth-order valence-electron chi connectivity index (χ4n) is 3.65. The molecular formula is C26H27N3O3. The third-order valence-electron chi connectivity index (χ3n) is 5.22. The molecule has 1 amide bonds. The molecule has 0 saturated heterocycles. The molecule has 2 N–H and O–H groups in total. The van der Waals surface area contributed by atoms with Crippen molar-refractivity contribution in [1.29, 1.82) is 0 Å². The molecule has 164 valence electrons. The molecule has 6 heteroatoms. The average Bonchev–Trinajstić information content (AvgIpc) is 3.17. The number of benzene rings is 3. The van der Waals surface area contributed by atoms with Gasteiger partial charge in [-0.1, -0.05) is 60.7 Å². The minimum Gasteiger partial charge on any atom is -0.389 e. The quantitative estimate of drug-likeness (QED) is 0.404. The Morgan fingerprint density at radius 2 is 1.66 bits per heavy atom. The molecule has 0 saturated carbocycles. The Bertz CT molecular complexity index is 1140. The van der Waals surface area contributed by atoms with Gasteiger partial charge in [0.15, 0.2) is 0 Å². The maximum absolute atomic E-state index is 12.3. The molecule has 0 bridgehead atoms. The molecule has 0 radical (unpaired) electrons. The minimum absolute atomic E-state index is 0.109. The Balaban J connectivity index is 1.38. The van der Waals surface area contributed by atoms with Crippen LogP contribution >= 0.6 is 0 Å². The van der Waals surface area contributed by atoms with E-state index in [1.54, 1.807) is 12.1 Å². The molecule has 3 aromatic carbocycles. The lowest BCUT2D eigenvalue weighted by molar-refractivity contribution is 0.0205. The molecule has 4 rings (SSSR count). The highest BCUT2D eigenvalue weighted by molar-refractivity contribution is 5.94. The first-order valence-electron chi connectivity index (χ1n) is 10.8. The van der Waals surface area contributed by atoms with Gasteiger partial charge in [-0.3, -0.25) is 4.79 Å². The molecule has 1 unspecified atom stereocenters. The lowest BCUT2D eigenvalue weighted by atomic mass is 10.2. The van der Waals surface area contributed by atoms with Gasteiger partial charge >= 0.3 is 0 Å². The van der Waals surface area contributed by atoms with Gasteiger partial charge < -0.3 is 19.7 Å². The van der Waals surface area contributed by atoms with E-state index in [2.05, 4.69) is 5.32 Å². The van der Waals surface area contributed by atoms with E-state index in [-0.39, 0.29) is 12.5 Å². The number of imidazole rings is 1. The number of para-hydroxylation sites is 2. The summed E-state index contributed by atoms with van der Waals surface area (Å²) in [6.45, 7) is 1.52. The van der Waals surface area contributed by atoms with Crippen molar-refractivity contribution in [3.63, 3.8) is 0 Å². The van der Waals surface area contributed by atoms with Crippen LogP contribution in [0.4, 0.5) is 0 Å². The van der Waals surface area contributed by atoms with Gasteiger partial charge in [0.05, 0.1) is 36.9 Å². The van der Waals surface area contributed by atoms with Gasteiger partial charge in [-0.25, -0.2) is 4.98 Å². The Labute approximate surface area is 187 Å². The zero-order valence-electron chi connectivity index (χ0n) is 17.9. The van der Waals surface area contributed by atoms with Gasteiger partial charge in [0.25, 0.3) is 5.91 Å². The molecule has 1 atom stereocenters. The van der Waals surface area contributed by atoms with Crippen molar-refractivity contribution < 1.29 is 14.6 Å². The van der Waals surface area contributed by atoms with E-state index in [0.717, 1.165) is 22.4 Å². The smallest absolute Gasteiger partial charge is 0.251 e. The number of aliphatic hydroxyl groups is 1. The maximum Gasteiger partial charge on any atom is 0.251 e. The van der Waals surface area contributed by atoms with Crippen LogP contribution < -0.4 is 5.32 Å². The number of amides is 1. The van der Waals surface area contributed by atoms with Gasteiger partial charge in [-0.2, -0.15) is 0 Å². The number of nitrogens with zero attached hydrogens (tertiary/aromatic N) is 2. The van der Waals surface area contributed by atoms with Crippen LogP contribution in [0.25, 0.3) is 11.0 Å². The highest BCUT2D eigenvalue weighted by Crippen LogP contribution is 2.17. The summed E-state index contributed by atoms with van der Waals surface area (Å²) < 4.78 is 7.72. The maximum atomic E-state index is 12.3. The van der Waals surface area contributed by atoms with Gasteiger partial charge in [-0.05, 0) is 29.8 Å². The number of carbonyl (C=O) groups excluding carboxylic acids is 1. The predicted molar refractivity (Wildman–Crippen MR) is 124 cm³/mol. The molecule has 0 aliphatic rings. The largest absolute Gasteiger partial charge is 0.389 e. The summed E-state index contributed by atoms with van der Waals surface area (Å²) in [4.78, 5) is 17.0. The first-order chi connectivity index (χ1) is 15.7. The zero-order valence-corrected chi connectivity index (χ0v) is 17.9. The summed E-state index contributed by atoms with van der Waals surface area (Å²) >= 11 is 0. The number of carbonyl (C=O) groups is 1. The van der Waals surface area contributed by atoms with E-state index in [9.17, 15) is 9.90 Å². The van der Waals surface area contributed by atoms with Crippen molar-refractivity contribution >= 4 is 16.9 Å². The summed E-state index contributed by atoms with van der Waals surface area (Å²) in [6.07, 6.45) is -0.112. The fraction of sp³-hybridized carbons (Fsp3) is 0.231. The Kier molecular flexibility index (Phi) is 7.27. The zero-order chi connectivity index (χ0) is 22.2. The van der Waals surface area contributed by atoms with E-state index in [1.807, 2.05) is 77.4 Å². The van der Waals surface area contributed by atoms with Gasteiger partial charge in [0, 0.05) is 18.5 Å². The van der Waals surface area contributed by atoms with E-state index < -0.39 is 6.10 Å². The lowest BCUT2D eigenvalue weighted by Crippen LogP contribution is -2.27. The standard InChI is InChI=1S/C26H27N3O3/c30-22(19-32-18-20-9-3-1-4-10-20)17-29-24-14-8-7-13-23(24)28-25(29)15-16-27-26(31)21-11-5-2-6-12-21/h1-14,22,30H,15-19H2,(H,27,31). The minimum atomic E-state index is -0.672. The second-order valence-electron chi connectivity index (χ2n) is 7.65. The van der Waals surface area contributed by atoms with Gasteiger partial charge in [0.2, 0.25) is 0 Å². The average molecular weight is 430 g/mol. The van der Waals surface area contributed by atoms with Crippen LogP contribution in [0.3, 0.4) is 0 Å². The molecule has 6 nitrogen and oxygen atoms in total. The Morgan fingerprint density at radius 1 is 0.969 bits per heavy atom. The summed E-state index contributed by atoms with van der Waals surface area (Å²) in [5.74, 6) is 0.712. The van der Waals surface area contributed by atoms with Crippen LogP contribution in [-0.4, -0.2) is 39.8 Å². The van der Waals surface area contributed by atoms with E-state index in [4.69, 9.17) is 9.72 Å². The van der Waals surface area contributed by atoms with Crippen molar-refractivity contribution in [2.24, 2.45) is 0 Å². The Morgan fingerprint density at radius 3 is 2.44 bits per heavy atom. The summed E-state index contributed by atoms with van der Waals surface area (Å²) in [6, 6.07) is 26.9. The first-order valence-corrected chi connectivity index (χ1v) is 10.8. The highest BCUT2D eigenvalue weighted by Gasteiger charge is 2.15. The predicted octanol–water partition coefficient (Wildman–Crippen LogP) is 3.59. The molecular weight excluding hydrogens is 402 g/mol. The summed E-state index contributed by atoms with van der Waals surface area (Å²) in [7, 11) is 0. The number of nitrogens with one attached hydrogen (secondary N) is 1. The second-order valence-corrected chi connectivity index (χ2v) is 7.65. The van der Waals surface area contributed by atoms with Crippen LogP contribution in [0.5, 0.6) is 0 Å². The topological polar surface area (TPSA) is 76.4 Å². The SMILES string of the molecule is O=C(NCCc1nc2ccccc2n1CC(O)COCc1ccccc1)c1ccccc1. The number of aromatic nitrogens is 2. The highest BCUT2D eigenvalue weighted by atomic mass is 16.5. The van der Waals surface area contributed by atoms with Crippen molar-refractivity contribution in [3.05, 3.63) is 102 Å². The number of aliphatic hydroxyl groups excluding tert-OH is 1. The molecule has 0 fully saturated rings. The van der Waals surface area contributed by atoms with Gasteiger partial charge in [0.1, 0.15) is 5.82 Å². The van der Waals surface area contributed by atoms with Crippen molar-refractivity contribution in [2.45, 2.75) is 25.7 Å². The van der Waals surface area contributed by atoms with Crippen LogP contribution in [0.15, 0.2) is 84.9 Å². The number of fused-ring (bicyclic) bond motifs is 1. The van der Waals surface area contributed by atoms with Gasteiger partial charge in [-0.15, -0.1) is 0 Å². The number of rotatable bonds is 10. The molecule has 4 aromatic rings. The number of hydrogen-bond donors (Lipinski definition) is 2. The number of ether oxygens (including phenoxy) is 1. The summed E-state index contributed by atoms with van der Waals surface area (Å²) in [5, 5.41) is 13.5. The third kappa shape index (κ3) is 5.60. The molecule has 1 aromatic heterocycles. The normalized spacial score (nSPS) is 12.0. The fourth-order valence-corrected chi connectivity index (χ4v) is 3.65. The number of hydrogen-bond acceptors (Lipinski definition) is 4. The van der Waals surface area contributed by atoms with Crippen molar-refractivity contribution in [1.82, 2.24) is 14.9 Å². The Hall–Kier alpha value is -3.48. The van der Waals surface area contributed by atoms with E-state index in [0.29, 0.717) is 31.7 Å². The monoisotopic (exact) mass is 429 g/mol. The van der Waals surface area contributed by atoms with Crippen LogP contribution in [0.2, 0.25) is 0 Å². The molecule has 0 spiro atoms. The van der Waals surface area contributed by atoms with E-state index in [1.165, 1.54) is 0 Å². The third-order valence-corrected chi connectivity index (χ3v) is 5.22. The second kappa shape index (κ2) is 10.7. The van der Waals surface area contributed by atoms with Crippen molar-refractivity contribution in [2.75, 3.05) is 13.2 Å². The molecule has 0 aliphatic heterocycles. The van der Waals surface area contributed by atoms with Crippen LogP contribution in [0.1, 0.15) is 21.7 Å². The van der Waals surface area contributed by atoms with E-state index >= 15 is 0 Å². The molecule has 1 heterocycles. The lowest BCUT2D eigenvalue weighted by Gasteiger charge is -2.15. The van der Waals surface area contributed by atoms with Crippen LogP contribution in [0, 0.1) is 0 Å².